The van der Waals surface area contributed by atoms with E-state index < -0.39 is 0 Å². The van der Waals surface area contributed by atoms with Crippen molar-refractivity contribution in [3.8, 4) is 5.75 Å². The fourth-order valence-electron chi connectivity index (χ4n) is 3.04. The van der Waals surface area contributed by atoms with Gasteiger partial charge in [0.2, 0.25) is 0 Å². The molecule has 1 fully saturated rings. The molecular weight excluding hydrogens is 288 g/mol. The Morgan fingerprint density at radius 1 is 1.22 bits per heavy atom. The number of amides is 1. The molecule has 0 aliphatic carbocycles. The first-order chi connectivity index (χ1) is 11.2. The molecule has 2 aromatic rings. The lowest BCUT2D eigenvalue weighted by Crippen LogP contribution is -2.40. The van der Waals surface area contributed by atoms with Gasteiger partial charge in [0.05, 0.1) is 0 Å². The van der Waals surface area contributed by atoms with Crippen LogP contribution in [0.15, 0.2) is 48.8 Å². The van der Waals surface area contributed by atoms with Crippen LogP contribution in [-0.4, -0.2) is 35.5 Å². The molecule has 3 rings (SSSR count). The molecule has 1 saturated heterocycles. The van der Waals surface area contributed by atoms with E-state index >= 15 is 0 Å². The number of nitrogens with zero attached hydrogens (tertiary/aromatic N) is 2. The molecule has 1 aromatic carbocycles. The smallest absolute Gasteiger partial charge is 0.260 e. The van der Waals surface area contributed by atoms with Gasteiger partial charge in [-0.3, -0.25) is 9.78 Å². The van der Waals surface area contributed by atoms with Crippen molar-refractivity contribution in [3.05, 3.63) is 59.9 Å². The minimum Gasteiger partial charge on any atom is -0.484 e. The number of aryl methyl sites for hydroxylation is 1. The minimum atomic E-state index is 0.0692. The highest BCUT2D eigenvalue weighted by molar-refractivity contribution is 5.77. The van der Waals surface area contributed by atoms with Crippen LogP contribution in [0.4, 0.5) is 0 Å². The van der Waals surface area contributed by atoms with Crippen molar-refractivity contribution in [3.63, 3.8) is 0 Å². The Balaban J connectivity index is 1.48. The monoisotopic (exact) mass is 310 g/mol. The van der Waals surface area contributed by atoms with E-state index in [0.717, 1.165) is 37.2 Å². The van der Waals surface area contributed by atoms with Crippen LogP contribution >= 0.6 is 0 Å². The Hall–Kier alpha value is -2.36. The minimum absolute atomic E-state index is 0.0692. The number of hydrogen-bond acceptors (Lipinski definition) is 3. The van der Waals surface area contributed by atoms with Crippen molar-refractivity contribution < 1.29 is 9.53 Å². The third-order valence-corrected chi connectivity index (χ3v) is 4.38. The Morgan fingerprint density at radius 2 is 1.96 bits per heavy atom. The molecule has 1 aliphatic rings. The maximum atomic E-state index is 12.3. The SMILES string of the molecule is Cc1cccc(OCC(=O)N2CCC(c3ccncc3)CC2)c1. The van der Waals surface area contributed by atoms with Crippen molar-refractivity contribution in [2.75, 3.05) is 19.7 Å². The Bertz CT molecular complexity index is 649. The fourth-order valence-corrected chi connectivity index (χ4v) is 3.04. The molecular formula is C19H22N2O2. The summed E-state index contributed by atoms with van der Waals surface area (Å²) in [4.78, 5) is 18.3. The van der Waals surface area contributed by atoms with Crippen molar-refractivity contribution in [1.29, 1.82) is 0 Å². The summed E-state index contributed by atoms with van der Waals surface area (Å²) in [5.74, 6) is 1.35. The first-order valence-electron chi connectivity index (χ1n) is 8.09. The Kier molecular flexibility index (Phi) is 4.91. The zero-order valence-corrected chi connectivity index (χ0v) is 13.4. The predicted octanol–water partition coefficient (Wildman–Crippen LogP) is 3.18. The number of piperidine rings is 1. The number of aromatic nitrogens is 1. The first kappa shape index (κ1) is 15.5. The molecule has 2 heterocycles. The molecule has 23 heavy (non-hydrogen) atoms. The van der Waals surface area contributed by atoms with Crippen LogP contribution in [0.3, 0.4) is 0 Å². The Morgan fingerprint density at radius 3 is 2.65 bits per heavy atom. The second-order valence-corrected chi connectivity index (χ2v) is 6.04. The number of rotatable bonds is 4. The van der Waals surface area contributed by atoms with E-state index in [4.69, 9.17) is 4.74 Å². The molecule has 0 saturated carbocycles. The van der Waals surface area contributed by atoms with E-state index in [1.165, 1.54) is 5.56 Å². The molecule has 0 bridgehead atoms. The maximum absolute atomic E-state index is 12.3. The molecule has 0 N–H and O–H groups in total. The van der Waals surface area contributed by atoms with Crippen LogP contribution in [0.25, 0.3) is 0 Å². The van der Waals surface area contributed by atoms with Crippen LogP contribution in [0.1, 0.15) is 29.9 Å². The molecule has 0 radical (unpaired) electrons. The lowest BCUT2D eigenvalue weighted by molar-refractivity contribution is -0.134. The van der Waals surface area contributed by atoms with E-state index in [0.29, 0.717) is 5.92 Å². The van der Waals surface area contributed by atoms with E-state index in [1.54, 1.807) is 0 Å². The summed E-state index contributed by atoms with van der Waals surface area (Å²) in [5.41, 5.74) is 2.45. The normalized spacial score (nSPS) is 15.4. The maximum Gasteiger partial charge on any atom is 0.260 e. The summed E-state index contributed by atoms with van der Waals surface area (Å²) in [6.45, 7) is 3.72. The number of hydrogen-bond donors (Lipinski definition) is 0. The molecule has 4 nitrogen and oxygen atoms in total. The highest BCUT2D eigenvalue weighted by atomic mass is 16.5. The van der Waals surface area contributed by atoms with Crippen LogP contribution in [-0.2, 0) is 4.79 Å². The lowest BCUT2D eigenvalue weighted by Gasteiger charge is -2.32. The van der Waals surface area contributed by atoms with Gasteiger partial charge in [-0.25, -0.2) is 0 Å². The number of pyridine rings is 1. The number of carbonyl (C=O) groups excluding carboxylic acids is 1. The summed E-state index contributed by atoms with van der Waals surface area (Å²) in [5, 5.41) is 0. The molecule has 1 aromatic heterocycles. The molecule has 0 unspecified atom stereocenters. The molecule has 1 amide bonds. The van der Waals surface area contributed by atoms with Gasteiger partial charge in [0.1, 0.15) is 5.75 Å². The second kappa shape index (κ2) is 7.27. The van der Waals surface area contributed by atoms with E-state index in [1.807, 2.05) is 48.5 Å². The topological polar surface area (TPSA) is 42.4 Å². The summed E-state index contributed by atoms with van der Waals surface area (Å²) in [6, 6.07) is 11.9. The highest BCUT2D eigenvalue weighted by Crippen LogP contribution is 2.27. The van der Waals surface area contributed by atoms with Gasteiger partial charge in [-0.15, -0.1) is 0 Å². The van der Waals surface area contributed by atoms with Gasteiger partial charge >= 0.3 is 0 Å². The number of carbonyl (C=O) groups is 1. The molecule has 0 spiro atoms. The largest absolute Gasteiger partial charge is 0.484 e. The van der Waals surface area contributed by atoms with Gasteiger partial charge in [-0.2, -0.15) is 0 Å². The summed E-state index contributed by atoms with van der Waals surface area (Å²) in [6.07, 6.45) is 5.67. The number of benzene rings is 1. The van der Waals surface area contributed by atoms with Crippen molar-refractivity contribution >= 4 is 5.91 Å². The van der Waals surface area contributed by atoms with Crippen molar-refractivity contribution in [2.24, 2.45) is 0 Å². The van der Waals surface area contributed by atoms with Crippen molar-refractivity contribution in [1.82, 2.24) is 9.88 Å². The zero-order chi connectivity index (χ0) is 16.1. The summed E-state index contributed by atoms with van der Waals surface area (Å²) >= 11 is 0. The summed E-state index contributed by atoms with van der Waals surface area (Å²) in [7, 11) is 0. The van der Waals surface area contributed by atoms with Gasteiger partial charge in [-0.1, -0.05) is 12.1 Å². The number of likely N-dealkylation sites (tertiary alicyclic amines) is 1. The van der Waals surface area contributed by atoms with Gasteiger partial charge < -0.3 is 9.64 Å². The zero-order valence-electron chi connectivity index (χ0n) is 13.4. The standard InChI is InChI=1S/C19H22N2O2/c1-15-3-2-4-18(13-15)23-14-19(22)21-11-7-17(8-12-21)16-5-9-20-10-6-16/h2-6,9-10,13,17H,7-8,11-12,14H2,1H3. The van der Waals surface area contributed by atoms with Crippen LogP contribution in [0.5, 0.6) is 5.75 Å². The van der Waals surface area contributed by atoms with Crippen LogP contribution in [0.2, 0.25) is 0 Å². The average Bonchev–Trinajstić information content (AvgIpc) is 2.61. The molecule has 1 aliphatic heterocycles. The lowest BCUT2D eigenvalue weighted by atomic mass is 9.90. The fraction of sp³-hybridized carbons (Fsp3) is 0.368. The second-order valence-electron chi connectivity index (χ2n) is 6.04. The average molecular weight is 310 g/mol. The highest BCUT2D eigenvalue weighted by Gasteiger charge is 2.23. The van der Waals surface area contributed by atoms with Crippen molar-refractivity contribution in [2.45, 2.75) is 25.7 Å². The predicted molar refractivity (Wildman–Crippen MR) is 89.5 cm³/mol. The van der Waals surface area contributed by atoms with E-state index in [9.17, 15) is 4.79 Å². The van der Waals surface area contributed by atoms with E-state index in [2.05, 4.69) is 17.1 Å². The van der Waals surface area contributed by atoms with Gasteiger partial charge in [0, 0.05) is 25.5 Å². The molecule has 120 valence electrons. The number of ether oxygens (including phenoxy) is 1. The first-order valence-corrected chi connectivity index (χ1v) is 8.09. The van der Waals surface area contributed by atoms with E-state index in [-0.39, 0.29) is 12.5 Å². The molecule has 4 heteroatoms. The third kappa shape index (κ3) is 4.09. The summed E-state index contributed by atoms with van der Waals surface area (Å²) < 4.78 is 5.61. The quantitative estimate of drug-likeness (QED) is 0.871. The Labute approximate surface area is 137 Å². The van der Waals surface area contributed by atoms with Gasteiger partial charge in [0.15, 0.2) is 6.61 Å². The van der Waals surface area contributed by atoms with Gasteiger partial charge in [0.25, 0.3) is 5.91 Å². The van der Waals surface area contributed by atoms with Crippen LogP contribution < -0.4 is 4.74 Å². The van der Waals surface area contributed by atoms with Crippen LogP contribution in [0, 0.1) is 6.92 Å². The molecule has 0 atom stereocenters. The third-order valence-electron chi connectivity index (χ3n) is 4.38. The van der Waals surface area contributed by atoms with Gasteiger partial charge in [-0.05, 0) is 61.1 Å².